The molecule has 0 radical (unpaired) electrons. The van der Waals surface area contributed by atoms with E-state index in [9.17, 15) is 4.79 Å². The second kappa shape index (κ2) is 7.41. The summed E-state index contributed by atoms with van der Waals surface area (Å²) in [5.74, 6) is 0. The van der Waals surface area contributed by atoms with E-state index in [1.54, 1.807) is 16.7 Å². The molecule has 2 aromatic rings. The molecule has 1 amide bonds. The predicted octanol–water partition coefficient (Wildman–Crippen LogP) is 2.66. The SMILES string of the molecule is COCCCN(Cn1nnc2ccccc21)C(=O)OC(C)(C)C. The summed E-state index contributed by atoms with van der Waals surface area (Å²) < 4.78 is 12.2. The zero-order chi connectivity index (χ0) is 16.9. The Hall–Kier alpha value is -2.15. The Balaban J connectivity index is 2.14. The Morgan fingerprint density at radius 1 is 1.30 bits per heavy atom. The van der Waals surface area contributed by atoms with E-state index in [4.69, 9.17) is 9.47 Å². The van der Waals surface area contributed by atoms with Crippen LogP contribution in [0, 0.1) is 0 Å². The fourth-order valence-corrected chi connectivity index (χ4v) is 2.13. The predicted molar refractivity (Wildman–Crippen MR) is 87.0 cm³/mol. The van der Waals surface area contributed by atoms with Gasteiger partial charge in [0.2, 0.25) is 0 Å². The minimum Gasteiger partial charge on any atom is -0.444 e. The van der Waals surface area contributed by atoms with Gasteiger partial charge in [0.1, 0.15) is 17.8 Å². The fraction of sp³-hybridized carbons (Fsp3) is 0.562. The minimum absolute atomic E-state index is 0.291. The number of hydrogen-bond acceptors (Lipinski definition) is 5. The van der Waals surface area contributed by atoms with Crippen LogP contribution in [0.25, 0.3) is 11.0 Å². The zero-order valence-corrected chi connectivity index (χ0v) is 14.2. The molecule has 0 saturated carbocycles. The summed E-state index contributed by atoms with van der Waals surface area (Å²) in [6.45, 7) is 6.95. The number of carbonyl (C=O) groups excluding carboxylic acids is 1. The number of amides is 1. The first-order valence-corrected chi connectivity index (χ1v) is 7.66. The number of ether oxygens (including phenoxy) is 2. The summed E-state index contributed by atoms with van der Waals surface area (Å²) in [6.07, 6.45) is 0.357. The van der Waals surface area contributed by atoms with Crippen LogP contribution in [-0.4, -0.2) is 51.8 Å². The smallest absolute Gasteiger partial charge is 0.411 e. The van der Waals surface area contributed by atoms with Crippen molar-refractivity contribution in [2.75, 3.05) is 20.3 Å². The Kier molecular flexibility index (Phi) is 5.54. The van der Waals surface area contributed by atoms with Gasteiger partial charge in [-0.05, 0) is 39.3 Å². The van der Waals surface area contributed by atoms with E-state index in [1.165, 1.54) is 0 Å². The molecule has 0 aliphatic rings. The normalized spacial score (nSPS) is 11.7. The lowest BCUT2D eigenvalue weighted by molar-refractivity contribution is 0.0165. The first kappa shape index (κ1) is 17.2. The minimum atomic E-state index is -0.541. The van der Waals surface area contributed by atoms with Crippen LogP contribution < -0.4 is 0 Å². The van der Waals surface area contributed by atoms with Crippen molar-refractivity contribution in [1.82, 2.24) is 19.9 Å². The van der Waals surface area contributed by atoms with Gasteiger partial charge in [0.25, 0.3) is 0 Å². The first-order valence-electron chi connectivity index (χ1n) is 7.66. The van der Waals surface area contributed by atoms with E-state index in [0.717, 1.165) is 17.5 Å². The number of methoxy groups -OCH3 is 1. The molecule has 2 rings (SSSR count). The first-order chi connectivity index (χ1) is 10.9. The van der Waals surface area contributed by atoms with Crippen molar-refractivity contribution >= 4 is 17.1 Å². The number of fused-ring (bicyclic) bond motifs is 1. The molecule has 0 aliphatic heterocycles. The van der Waals surface area contributed by atoms with Crippen LogP contribution in [0.1, 0.15) is 27.2 Å². The fourth-order valence-electron chi connectivity index (χ4n) is 2.13. The lowest BCUT2D eigenvalue weighted by Gasteiger charge is -2.27. The molecule has 0 N–H and O–H groups in total. The third-order valence-electron chi connectivity index (χ3n) is 3.15. The third-order valence-corrected chi connectivity index (χ3v) is 3.15. The number of aromatic nitrogens is 3. The van der Waals surface area contributed by atoms with E-state index in [0.29, 0.717) is 19.8 Å². The molecule has 1 heterocycles. The second-order valence-corrected chi connectivity index (χ2v) is 6.31. The van der Waals surface area contributed by atoms with Gasteiger partial charge >= 0.3 is 6.09 Å². The zero-order valence-electron chi connectivity index (χ0n) is 14.2. The van der Waals surface area contributed by atoms with E-state index in [1.807, 2.05) is 45.0 Å². The summed E-state index contributed by atoms with van der Waals surface area (Å²) in [6, 6.07) is 7.65. The van der Waals surface area contributed by atoms with Gasteiger partial charge in [-0.1, -0.05) is 17.3 Å². The monoisotopic (exact) mass is 320 g/mol. The highest BCUT2D eigenvalue weighted by Gasteiger charge is 2.23. The van der Waals surface area contributed by atoms with Gasteiger partial charge in [0, 0.05) is 20.3 Å². The number of para-hydroxylation sites is 1. The molecule has 23 heavy (non-hydrogen) atoms. The average molecular weight is 320 g/mol. The lowest BCUT2D eigenvalue weighted by Crippen LogP contribution is -2.39. The highest BCUT2D eigenvalue weighted by atomic mass is 16.6. The van der Waals surface area contributed by atoms with Gasteiger partial charge in [-0.3, -0.25) is 4.90 Å². The molecule has 0 unspecified atom stereocenters. The maximum absolute atomic E-state index is 12.4. The van der Waals surface area contributed by atoms with Crippen molar-refractivity contribution < 1.29 is 14.3 Å². The van der Waals surface area contributed by atoms with E-state index in [-0.39, 0.29) is 6.09 Å². The van der Waals surface area contributed by atoms with Crippen LogP contribution in [0.3, 0.4) is 0 Å². The molecule has 7 heteroatoms. The topological polar surface area (TPSA) is 69.5 Å². The van der Waals surface area contributed by atoms with Crippen molar-refractivity contribution in [3.63, 3.8) is 0 Å². The molecule has 0 atom stereocenters. The van der Waals surface area contributed by atoms with Crippen LogP contribution in [0.4, 0.5) is 4.79 Å². The molecule has 0 fully saturated rings. The van der Waals surface area contributed by atoms with Crippen molar-refractivity contribution in [2.24, 2.45) is 0 Å². The van der Waals surface area contributed by atoms with E-state index in [2.05, 4.69) is 10.3 Å². The summed E-state index contributed by atoms with van der Waals surface area (Å²) in [7, 11) is 1.64. The number of rotatable bonds is 6. The Bertz CT molecular complexity index is 648. The van der Waals surface area contributed by atoms with Crippen molar-refractivity contribution in [3.05, 3.63) is 24.3 Å². The molecule has 1 aromatic carbocycles. The molecule has 0 bridgehead atoms. The standard InChI is InChI=1S/C16H24N4O3/c1-16(2,3)23-15(21)19(10-7-11-22-4)12-20-14-9-6-5-8-13(14)17-18-20/h5-6,8-9H,7,10-12H2,1-4H3. The molecule has 0 saturated heterocycles. The number of benzene rings is 1. The van der Waals surface area contributed by atoms with Crippen LogP contribution in [0.15, 0.2) is 24.3 Å². The highest BCUT2D eigenvalue weighted by Crippen LogP contribution is 2.14. The van der Waals surface area contributed by atoms with Gasteiger partial charge in [0.05, 0.1) is 5.52 Å². The Morgan fingerprint density at radius 3 is 2.74 bits per heavy atom. The van der Waals surface area contributed by atoms with Gasteiger partial charge in [0.15, 0.2) is 0 Å². The number of nitrogens with zero attached hydrogens (tertiary/aromatic N) is 4. The summed E-state index contributed by atoms with van der Waals surface area (Å²) >= 11 is 0. The van der Waals surface area contributed by atoms with Crippen LogP contribution in [0.2, 0.25) is 0 Å². The molecular formula is C16H24N4O3. The van der Waals surface area contributed by atoms with Crippen molar-refractivity contribution in [1.29, 1.82) is 0 Å². The summed E-state index contributed by atoms with van der Waals surface area (Å²) in [4.78, 5) is 14.0. The number of carbonyl (C=O) groups is 1. The molecule has 0 aliphatic carbocycles. The summed E-state index contributed by atoms with van der Waals surface area (Å²) in [5.41, 5.74) is 1.14. The Morgan fingerprint density at radius 2 is 2.04 bits per heavy atom. The molecular weight excluding hydrogens is 296 g/mol. The largest absolute Gasteiger partial charge is 0.444 e. The maximum Gasteiger partial charge on any atom is 0.411 e. The summed E-state index contributed by atoms with van der Waals surface area (Å²) in [5, 5.41) is 8.24. The van der Waals surface area contributed by atoms with Gasteiger partial charge < -0.3 is 9.47 Å². The maximum atomic E-state index is 12.4. The quantitative estimate of drug-likeness (QED) is 0.765. The van der Waals surface area contributed by atoms with Gasteiger partial charge in [-0.15, -0.1) is 5.10 Å². The highest BCUT2D eigenvalue weighted by molar-refractivity contribution is 5.74. The molecule has 0 spiro atoms. The average Bonchev–Trinajstić information content (AvgIpc) is 2.88. The lowest BCUT2D eigenvalue weighted by atomic mass is 10.2. The van der Waals surface area contributed by atoms with Crippen molar-refractivity contribution in [3.8, 4) is 0 Å². The van der Waals surface area contributed by atoms with Crippen LogP contribution >= 0.6 is 0 Å². The third kappa shape index (κ3) is 4.92. The van der Waals surface area contributed by atoms with Crippen LogP contribution in [0.5, 0.6) is 0 Å². The van der Waals surface area contributed by atoms with Crippen molar-refractivity contribution in [2.45, 2.75) is 39.5 Å². The van der Waals surface area contributed by atoms with Gasteiger partial charge in [-0.2, -0.15) is 0 Å². The van der Waals surface area contributed by atoms with Gasteiger partial charge in [-0.25, -0.2) is 9.48 Å². The second-order valence-electron chi connectivity index (χ2n) is 6.31. The van der Waals surface area contributed by atoms with E-state index < -0.39 is 5.60 Å². The molecule has 1 aromatic heterocycles. The van der Waals surface area contributed by atoms with Crippen LogP contribution in [-0.2, 0) is 16.1 Å². The van der Waals surface area contributed by atoms with E-state index >= 15 is 0 Å². The molecule has 126 valence electrons. The Labute approximate surface area is 136 Å². The molecule has 7 nitrogen and oxygen atoms in total. The number of hydrogen-bond donors (Lipinski definition) is 0.